The molecule has 2 aromatic carbocycles. The molecule has 0 bridgehead atoms. The van der Waals surface area contributed by atoms with Crippen molar-refractivity contribution in [3.8, 4) is 0 Å². The van der Waals surface area contributed by atoms with Crippen LogP contribution in [0.5, 0.6) is 0 Å². The fourth-order valence-electron chi connectivity index (χ4n) is 2.25. The van der Waals surface area contributed by atoms with E-state index in [4.69, 9.17) is 5.73 Å². The van der Waals surface area contributed by atoms with Crippen molar-refractivity contribution in [2.75, 3.05) is 0 Å². The van der Waals surface area contributed by atoms with E-state index in [-0.39, 0.29) is 6.04 Å². The molecule has 0 heterocycles. The largest absolute Gasteiger partial charge is 0.320 e. The highest BCUT2D eigenvalue weighted by molar-refractivity contribution is 5.34. The normalized spacial score (nSPS) is 16.8. The lowest BCUT2D eigenvalue weighted by molar-refractivity contribution is 0.869. The molecule has 1 atom stereocenters. The van der Waals surface area contributed by atoms with Crippen LogP contribution < -0.4 is 5.73 Å². The molecule has 0 spiro atoms. The maximum Gasteiger partial charge on any atom is 0.0551 e. The first kappa shape index (κ1) is 10.5. The molecule has 1 aliphatic carbocycles. The number of hydrogen-bond acceptors (Lipinski definition) is 1. The lowest BCUT2D eigenvalue weighted by atomic mass is 9.98. The summed E-state index contributed by atoms with van der Waals surface area (Å²) in [4.78, 5) is 0. The van der Waals surface area contributed by atoms with Crippen LogP contribution in [0, 0.1) is 0 Å². The molecule has 0 saturated heterocycles. The first-order valence-corrected chi connectivity index (χ1v) is 6.25. The van der Waals surface area contributed by atoms with Crippen molar-refractivity contribution in [2.24, 2.45) is 5.73 Å². The summed E-state index contributed by atoms with van der Waals surface area (Å²) in [7, 11) is 0. The lowest BCUT2D eigenvalue weighted by Crippen LogP contribution is -2.11. The van der Waals surface area contributed by atoms with E-state index in [0.717, 1.165) is 5.92 Å². The van der Waals surface area contributed by atoms with Crippen LogP contribution in [-0.2, 0) is 0 Å². The Morgan fingerprint density at radius 3 is 2.00 bits per heavy atom. The van der Waals surface area contributed by atoms with Gasteiger partial charge in [-0.15, -0.1) is 0 Å². The van der Waals surface area contributed by atoms with E-state index < -0.39 is 0 Å². The summed E-state index contributed by atoms with van der Waals surface area (Å²) < 4.78 is 0. The van der Waals surface area contributed by atoms with Gasteiger partial charge in [0.1, 0.15) is 0 Å². The second kappa shape index (κ2) is 4.34. The molecule has 0 radical (unpaired) electrons. The third-order valence-electron chi connectivity index (χ3n) is 3.50. The van der Waals surface area contributed by atoms with E-state index in [9.17, 15) is 0 Å². The molecule has 1 nitrogen and oxygen atoms in total. The fraction of sp³-hybridized carbons (Fsp3) is 0.250. The van der Waals surface area contributed by atoms with E-state index in [2.05, 4.69) is 36.4 Å². The number of nitrogens with two attached hydrogens (primary N) is 1. The van der Waals surface area contributed by atoms with Crippen LogP contribution in [-0.4, -0.2) is 0 Å². The molecule has 0 aliphatic heterocycles. The zero-order valence-electron chi connectivity index (χ0n) is 9.84. The molecular formula is C16H17N. The number of rotatable bonds is 3. The van der Waals surface area contributed by atoms with Gasteiger partial charge in [0.25, 0.3) is 0 Å². The van der Waals surface area contributed by atoms with Gasteiger partial charge in [0.2, 0.25) is 0 Å². The number of hydrogen-bond donors (Lipinski definition) is 1. The number of benzene rings is 2. The Bertz CT molecular complexity index is 483. The van der Waals surface area contributed by atoms with Gasteiger partial charge < -0.3 is 5.73 Å². The predicted octanol–water partition coefficient (Wildman–Crippen LogP) is 3.61. The average molecular weight is 223 g/mol. The zero-order valence-corrected chi connectivity index (χ0v) is 9.84. The van der Waals surface area contributed by atoms with Crippen LogP contribution in [0.15, 0.2) is 54.6 Å². The molecule has 2 aromatic rings. The van der Waals surface area contributed by atoms with E-state index >= 15 is 0 Å². The van der Waals surface area contributed by atoms with Crippen LogP contribution in [0.25, 0.3) is 0 Å². The summed E-state index contributed by atoms with van der Waals surface area (Å²) in [5.74, 6) is 0.817. The van der Waals surface area contributed by atoms with E-state index in [1.165, 1.54) is 29.5 Å². The van der Waals surface area contributed by atoms with Crippen LogP contribution >= 0.6 is 0 Å². The molecule has 0 amide bonds. The average Bonchev–Trinajstić information content (AvgIpc) is 3.24. The smallest absolute Gasteiger partial charge is 0.0551 e. The zero-order chi connectivity index (χ0) is 11.7. The molecule has 1 aliphatic rings. The van der Waals surface area contributed by atoms with Gasteiger partial charge in [-0.1, -0.05) is 54.6 Å². The molecule has 2 N–H and O–H groups in total. The van der Waals surface area contributed by atoms with Gasteiger partial charge in [0.15, 0.2) is 0 Å². The molecule has 3 rings (SSSR count). The summed E-state index contributed by atoms with van der Waals surface area (Å²) in [6.45, 7) is 0. The summed E-state index contributed by atoms with van der Waals surface area (Å²) in [5, 5.41) is 0. The van der Waals surface area contributed by atoms with Crippen molar-refractivity contribution < 1.29 is 0 Å². The van der Waals surface area contributed by atoms with Crippen molar-refractivity contribution in [3.05, 3.63) is 71.3 Å². The predicted molar refractivity (Wildman–Crippen MR) is 70.9 cm³/mol. The summed E-state index contributed by atoms with van der Waals surface area (Å²) in [5.41, 5.74) is 10.1. The lowest BCUT2D eigenvalue weighted by Gasteiger charge is -2.13. The van der Waals surface area contributed by atoms with Crippen LogP contribution in [0.3, 0.4) is 0 Å². The Hall–Kier alpha value is -1.60. The molecule has 86 valence electrons. The third-order valence-corrected chi connectivity index (χ3v) is 3.50. The minimum absolute atomic E-state index is 0.00977. The Kier molecular flexibility index (Phi) is 2.69. The highest BCUT2D eigenvalue weighted by atomic mass is 14.6. The van der Waals surface area contributed by atoms with E-state index in [0.29, 0.717) is 0 Å². The second-order valence-corrected chi connectivity index (χ2v) is 4.83. The van der Waals surface area contributed by atoms with Gasteiger partial charge >= 0.3 is 0 Å². The van der Waals surface area contributed by atoms with Crippen molar-refractivity contribution in [2.45, 2.75) is 24.8 Å². The maximum absolute atomic E-state index is 6.26. The van der Waals surface area contributed by atoms with Gasteiger partial charge in [-0.05, 0) is 35.4 Å². The Morgan fingerprint density at radius 2 is 1.41 bits per heavy atom. The SMILES string of the molecule is NC(c1ccccc1)c1ccc(C2CC2)cc1. The van der Waals surface area contributed by atoms with E-state index in [1.807, 2.05) is 18.2 Å². The Morgan fingerprint density at radius 1 is 0.824 bits per heavy atom. The molecule has 0 aromatic heterocycles. The topological polar surface area (TPSA) is 26.0 Å². The van der Waals surface area contributed by atoms with Crippen LogP contribution in [0.1, 0.15) is 41.5 Å². The highest BCUT2D eigenvalue weighted by Crippen LogP contribution is 2.40. The summed E-state index contributed by atoms with van der Waals surface area (Å²) in [6, 6.07) is 19.1. The minimum atomic E-state index is -0.00977. The minimum Gasteiger partial charge on any atom is -0.320 e. The quantitative estimate of drug-likeness (QED) is 0.845. The third kappa shape index (κ3) is 2.25. The van der Waals surface area contributed by atoms with Gasteiger partial charge in [-0.3, -0.25) is 0 Å². The van der Waals surface area contributed by atoms with Crippen molar-refractivity contribution >= 4 is 0 Å². The molecule has 1 heteroatoms. The van der Waals surface area contributed by atoms with Gasteiger partial charge in [-0.25, -0.2) is 0 Å². The monoisotopic (exact) mass is 223 g/mol. The Labute approximate surface area is 102 Å². The standard InChI is InChI=1S/C16H17N/c17-16(14-4-2-1-3-5-14)15-10-8-13(9-11-15)12-6-7-12/h1-5,8-12,16H,6-7,17H2. The maximum atomic E-state index is 6.26. The summed E-state index contributed by atoms with van der Waals surface area (Å²) >= 11 is 0. The first-order chi connectivity index (χ1) is 8.34. The van der Waals surface area contributed by atoms with Gasteiger partial charge in [0.05, 0.1) is 6.04 Å². The molecule has 17 heavy (non-hydrogen) atoms. The van der Waals surface area contributed by atoms with Gasteiger partial charge in [0, 0.05) is 0 Å². The van der Waals surface area contributed by atoms with Crippen molar-refractivity contribution in [1.29, 1.82) is 0 Å². The molecule has 1 fully saturated rings. The van der Waals surface area contributed by atoms with Gasteiger partial charge in [-0.2, -0.15) is 0 Å². The first-order valence-electron chi connectivity index (χ1n) is 6.25. The Balaban J connectivity index is 1.83. The molecule has 1 saturated carbocycles. The fourth-order valence-corrected chi connectivity index (χ4v) is 2.25. The summed E-state index contributed by atoms with van der Waals surface area (Å²) in [6.07, 6.45) is 2.70. The van der Waals surface area contributed by atoms with E-state index in [1.54, 1.807) is 0 Å². The highest BCUT2D eigenvalue weighted by Gasteiger charge is 2.23. The van der Waals surface area contributed by atoms with Crippen LogP contribution in [0.2, 0.25) is 0 Å². The van der Waals surface area contributed by atoms with Crippen molar-refractivity contribution in [1.82, 2.24) is 0 Å². The molecular weight excluding hydrogens is 206 g/mol. The van der Waals surface area contributed by atoms with Crippen molar-refractivity contribution in [3.63, 3.8) is 0 Å². The second-order valence-electron chi connectivity index (χ2n) is 4.83. The molecule has 1 unspecified atom stereocenters. The van der Waals surface area contributed by atoms with Crippen LogP contribution in [0.4, 0.5) is 0 Å².